The van der Waals surface area contributed by atoms with Crippen LogP contribution in [0.5, 0.6) is 5.88 Å². The predicted octanol–water partition coefficient (Wildman–Crippen LogP) is 1.85. The maximum absolute atomic E-state index is 12.2. The smallest absolute Gasteiger partial charge is 0.228 e. The van der Waals surface area contributed by atoms with Crippen molar-refractivity contribution in [1.29, 1.82) is 0 Å². The zero-order chi connectivity index (χ0) is 15.5. The minimum Gasteiger partial charge on any atom is -0.481 e. The number of rotatable bonds is 4. The van der Waals surface area contributed by atoms with Crippen molar-refractivity contribution in [3.63, 3.8) is 0 Å². The molecule has 1 aromatic heterocycles. The van der Waals surface area contributed by atoms with Gasteiger partial charge in [0.1, 0.15) is 0 Å². The third kappa shape index (κ3) is 2.74. The lowest BCUT2D eigenvalue weighted by Gasteiger charge is -2.35. The molecule has 1 aromatic rings. The van der Waals surface area contributed by atoms with Crippen molar-refractivity contribution in [2.45, 2.75) is 51.1 Å². The Bertz CT molecular complexity index is 537. The molecule has 0 unspecified atom stereocenters. The molecule has 120 valence electrons. The van der Waals surface area contributed by atoms with E-state index in [4.69, 9.17) is 4.74 Å². The minimum absolute atomic E-state index is 0.265. The first-order chi connectivity index (χ1) is 10.7. The van der Waals surface area contributed by atoms with E-state index in [1.165, 1.54) is 0 Å². The van der Waals surface area contributed by atoms with Crippen LogP contribution in [-0.4, -0.2) is 53.1 Å². The summed E-state index contributed by atoms with van der Waals surface area (Å²) < 4.78 is 5.21. The molecule has 0 radical (unpaired) electrons. The molecule has 2 aliphatic rings. The highest BCUT2D eigenvalue weighted by Gasteiger charge is 2.40. The molecule has 1 amide bonds. The first-order valence-corrected chi connectivity index (χ1v) is 8.17. The van der Waals surface area contributed by atoms with Gasteiger partial charge in [-0.3, -0.25) is 4.79 Å². The molecule has 6 heteroatoms. The Morgan fingerprint density at radius 3 is 2.86 bits per heavy atom. The molecule has 22 heavy (non-hydrogen) atoms. The van der Waals surface area contributed by atoms with Gasteiger partial charge in [-0.15, -0.1) is 0 Å². The number of ether oxygens (including phenoxy) is 1. The van der Waals surface area contributed by atoms with E-state index in [-0.39, 0.29) is 5.91 Å². The lowest BCUT2D eigenvalue weighted by molar-refractivity contribution is -0.132. The van der Waals surface area contributed by atoms with Gasteiger partial charge in [-0.05, 0) is 25.7 Å². The van der Waals surface area contributed by atoms with Crippen LogP contribution in [0.1, 0.15) is 39.0 Å². The highest BCUT2D eigenvalue weighted by atomic mass is 16.5. The van der Waals surface area contributed by atoms with Gasteiger partial charge in [-0.25, -0.2) is 4.98 Å². The number of amides is 1. The molecular formula is C16H24N4O2. The third-order valence-corrected chi connectivity index (χ3v) is 4.75. The van der Waals surface area contributed by atoms with Crippen molar-refractivity contribution >= 4 is 11.9 Å². The second-order valence-corrected chi connectivity index (χ2v) is 5.95. The van der Waals surface area contributed by atoms with E-state index in [1.807, 2.05) is 6.92 Å². The Morgan fingerprint density at radius 2 is 2.09 bits per heavy atom. The summed E-state index contributed by atoms with van der Waals surface area (Å²) in [6.45, 7) is 3.78. The van der Waals surface area contributed by atoms with Gasteiger partial charge in [0.2, 0.25) is 17.7 Å². The van der Waals surface area contributed by atoms with Gasteiger partial charge >= 0.3 is 0 Å². The summed E-state index contributed by atoms with van der Waals surface area (Å²) in [6, 6.07) is 2.38. The molecule has 0 aromatic carbocycles. The number of hydrogen-bond donors (Lipinski definition) is 0. The number of methoxy groups -OCH3 is 1. The summed E-state index contributed by atoms with van der Waals surface area (Å²) in [4.78, 5) is 25.4. The second kappa shape index (κ2) is 6.50. The van der Waals surface area contributed by atoms with Crippen molar-refractivity contribution < 1.29 is 9.53 Å². The van der Waals surface area contributed by atoms with Crippen LogP contribution in [-0.2, 0) is 4.79 Å². The van der Waals surface area contributed by atoms with Crippen molar-refractivity contribution in [3.8, 4) is 5.88 Å². The van der Waals surface area contributed by atoms with Gasteiger partial charge in [0.05, 0.1) is 19.2 Å². The van der Waals surface area contributed by atoms with Gasteiger partial charge in [-0.2, -0.15) is 4.98 Å². The third-order valence-electron chi connectivity index (χ3n) is 4.75. The molecule has 0 aliphatic carbocycles. The molecule has 3 rings (SSSR count). The van der Waals surface area contributed by atoms with Crippen molar-refractivity contribution in [2.24, 2.45) is 0 Å². The molecule has 0 spiro atoms. The van der Waals surface area contributed by atoms with E-state index in [0.717, 1.165) is 44.7 Å². The van der Waals surface area contributed by atoms with Gasteiger partial charge in [0, 0.05) is 31.8 Å². The summed E-state index contributed by atoms with van der Waals surface area (Å²) in [6.07, 6.45) is 6.71. The van der Waals surface area contributed by atoms with E-state index in [9.17, 15) is 4.79 Å². The first kappa shape index (κ1) is 15.1. The molecule has 3 heterocycles. The summed E-state index contributed by atoms with van der Waals surface area (Å²) in [5.41, 5.74) is 0. The maximum atomic E-state index is 12.2. The molecule has 2 fully saturated rings. The Hall–Kier alpha value is -1.85. The minimum atomic E-state index is 0.265. The molecule has 6 nitrogen and oxygen atoms in total. The average molecular weight is 304 g/mol. The SMILES string of the molecule is CCC(=O)N1CCC[C@@H]1[C@@H]1CCCN1c1nccc(OC)n1. The Kier molecular flexibility index (Phi) is 4.45. The molecular weight excluding hydrogens is 280 g/mol. The molecule has 0 N–H and O–H groups in total. The van der Waals surface area contributed by atoms with E-state index in [0.29, 0.717) is 24.4 Å². The lowest BCUT2D eigenvalue weighted by Crippen LogP contribution is -2.48. The highest BCUT2D eigenvalue weighted by Crippen LogP contribution is 2.32. The van der Waals surface area contributed by atoms with Crippen LogP contribution < -0.4 is 9.64 Å². The fourth-order valence-corrected chi connectivity index (χ4v) is 3.73. The Labute approximate surface area is 131 Å². The van der Waals surface area contributed by atoms with Crippen molar-refractivity contribution in [2.75, 3.05) is 25.1 Å². The van der Waals surface area contributed by atoms with E-state index >= 15 is 0 Å². The predicted molar refractivity (Wildman–Crippen MR) is 84.0 cm³/mol. The molecule has 0 bridgehead atoms. The van der Waals surface area contributed by atoms with Crippen LogP contribution in [0.25, 0.3) is 0 Å². The van der Waals surface area contributed by atoms with Gasteiger partial charge in [-0.1, -0.05) is 6.92 Å². The second-order valence-electron chi connectivity index (χ2n) is 5.95. The van der Waals surface area contributed by atoms with E-state index < -0.39 is 0 Å². The molecule has 2 aliphatic heterocycles. The lowest BCUT2D eigenvalue weighted by atomic mass is 10.0. The molecule has 2 atom stereocenters. The topological polar surface area (TPSA) is 58.6 Å². The normalized spacial score (nSPS) is 24.8. The summed E-state index contributed by atoms with van der Waals surface area (Å²) in [5.74, 6) is 1.57. The zero-order valence-electron chi connectivity index (χ0n) is 13.4. The van der Waals surface area contributed by atoms with E-state index in [1.54, 1.807) is 19.4 Å². The Morgan fingerprint density at radius 1 is 1.32 bits per heavy atom. The maximum Gasteiger partial charge on any atom is 0.228 e. The van der Waals surface area contributed by atoms with Gasteiger partial charge in [0.25, 0.3) is 0 Å². The first-order valence-electron chi connectivity index (χ1n) is 8.17. The van der Waals surface area contributed by atoms with Crippen LogP contribution in [0.2, 0.25) is 0 Å². The largest absolute Gasteiger partial charge is 0.481 e. The average Bonchev–Trinajstić information content (AvgIpc) is 3.22. The Balaban J connectivity index is 1.82. The number of hydrogen-bond acceptors (Lipinski definition) is 5. The number of aromatic nitrogens is 2. The van der Waals surface area contributed by atoms with Gasteiger partial charge in [0.15, 0.2) is 0 Å². The number of likely N-dealkylation sites (tertiary alicyclic amines) is 1. The van der Waals surface area contributed by atoms with Crippen LogP contribution >= 0.6 is 0 Å². The highest BCUT2D eigenvalue weighted by molar-refractivity contribution is 5.76. The standard InChI is InChI=1S/C16H24N4O2/c1-3-15(21)19-10-4-6-12(19)13-7-5-11-20(13)16-17-9-8-14(18-16)22-2/h8-9,12-13H,3-7,10-11H2,1-2H3/t12-,13+/m1/s1. The quantitative estimate of drug-likeness (QED) is 0.849. The molecule has 2 saturated heterocycles. The monoisotopic (exact) mass is 304 g/mol. The van der Waals surface area contributed by atoms with Gasteiger partial charge < -0.3 is 14.5 Å². The van der Waals surface area contributed by atoms with Crippen LogP contribution in [0, 0.1) is 0 Å². The van der Waals surface area contributed by atoms with Crippen LogP contribution in [0.3, 0.4) is 0 Å². The number of carbonyl (C=O) groups excluding carboxylic acids is 1. The van der Waals surface area contributed by atoms with Crippen molar-refractivity contribution in [1.82, 2.24) is 14.9 Å². The van der Waals surface area contributed by atoms with E-state index in [2.05, 4.69) is 19.8 Å². The number of carbonyl (C=O) groups is 1. The number of nitrogens with zero attached hydrogens (tertiary/aromatic N) is 4. The fourth-order valence-electron chi connectivity index (χ4n) is 3.73. The van der Waals surface area contributed by atoms with Crippen molar-refractivity contribution in [3.05, 3.63) is 12.3 Å². The summed E-state index contributed by atoms with van der Waals surface area (Å²) >= 11 is 0. The molecule has 0 saturated carbocycles. The van der Waals surface area contributed by atoms with Crippen LogP contribution in [0.15, 0.2) is 12.3 Å². The fraction of sp³-hybridized carbons (Fsp3) is 0.688. The zero-order valence-corrected chi connectivity index (χ0v) is 13.4. The summed E-state index contributed by atoms with van der Waals surface area (Å²) in [5, 5.41) is 0. The number of anilines is 1. The summed E-state index contributed by atoms with van der Waals surface area (Å²) in [7, 11) is 1.62. The van der Waals surface area contributed by atoms with Crippen LogP contribution in [0.4, 0.5) is 5.95 Å².